The maximum Gasteiger partial charge on any atom is 0.109 e. The molecule has 0 aromatic carbocycles. The maximum absolute atomic E-state index is 9.57. The summed E-state index contributed by atoms with van der Waals surface area (Å²) in [5, 5.41) is 13.2. The second kappa shape index (κ2) is 6.79. The van der Waals surface area contributed by atoms with Crippen LogP contribution in [0.2, 0.25) is 0 Å². The van der Waals surface area contributed by atoms with Crippen LogP contribution >= 0.6 is 11.8 Å². The first kappa shape index (κ1) is 14.2. The summed E-state index contributed by atoms with van der Waals surface area (Å²) in [7, 11) is 1.75. The van der Waals surface area contributed by atoms with Gasteiger partial charge in [0.2, 0.25) is 0 Å². The number of methoxy groups -OCH3 is 1. The Morgan fingerprint density at radius 2 is 2.22 bits per heavy atom. The molecular weight excluding hydrogens is 244 g/mol. The molecule has 0 aromatic heterocycles. The third-order valence-corrected chi connectivity index (χ3v) is 5.08. The van der Waals surface area contributed by atoms with Crippen LogP contribution in [0.5, 0.6) is 0 Å². The summed E-state index contributed by atoms with van der Waals surface area (Å²) in [6, 6.07) is 3.24. The number of hydrogen-bond donors (Lipinski definition) is 1. The molecule has 0 spiro atoms. The van der Waals surface area contributed by atoms with Crippen molar-refractivity contribution in [3.05, 3.63) is 0 Å². The lowest BCUT2D eigenvalue weighted by Gasteiger charge is -2.30. The largest absolute Gasteiger partial charge is 0.384 e. The van der Waals surface area contributed by atoms with Crippen molar-refractivity contribution in [1.29, 1.82) is 5.26 Å². The normalized spacial score (nSPS) is 31.4. The Hall–Kier alpha value is -0.240. The quantitative estimate of drug-likeness (QED) is 0.687. The minimum atomic E-state index is -0.205. The summed E-state index contributed by atoms with van der Waals surface area (Å²) in [6.07, 6.45) is 7.17. The summed E-state index contributed by atoms with van der Waals surface area (Å²) >= 11 is 1.95. The van der Waals surface area contributed by atoms with Crippen molar-refractivity contribution in [2.45, 2.75) is 50.1 Å². The minimum absolute atomic E-state index is 0.205. The van der Waals surface area contributed by atoms with Crippen LogP contribution in [0.15, 0.2) is 0 Å². The van der Waals surface area contributed by atoms with Crippen molar-refractivity contribution in [3.63, 3.8) is 0 Å². The molecule has 0 aliphatic heterocycles. The van der Waals surface area contributed by atoms with E-state index >= 15 is 0 Å². The Bertz CT molecular complexity index is 301. The molecule has 0 amide bonds. The average Bonchev–Trinajstić information content (AvgIpc) is 3.10. The third kappa shape index (κ3) is 3.63. The predicted molar refractivity (Wildman–Crippen MR) is 75.7 cm³/mol. The molecule has 2 saturated carbocycles. The van der Waals surface area contributed by atoms with E-state index < -0.39 is 0 Å². The number of thioether (sulfide) groups is 1. The zero-order valence-corrected chi connectivity index (χ0v) is 12.1. The van der Waals surface area contributed by atoms with E-state index in [1.165, 1.54) is 32.1 Å². The first-order chi connectivity index (χ1) is 8.80. The molecule has 3 nitrogen and oxygen atoms in total. The summed E-state index contributed by atoms with van der Waals surface area (Å²) in [4.78, 5) is 0. The Balaban J connectivity index is 1.76. The highest BCUT2D eigenvalue weighted by molar-refractivity contribution is 7.99. The third-order valence-electron chi connectivity index (χ3n) is 4.10. The molecular formula is C14H24N2OS. The van der Waals surface area contributed by atoms with Gasteiger partial charge in [-0.25, -0.2) is 0 Å². The lowest BCUT2D eigenvalue weighted by Crippen LogP contribution is -2.48. The number of nitrogens with one attached hydrogen (secondary N) is 1. The van der Waals surface area contributed by atoms with Crippen LogP contribution in [0.4, 0.5) is 0 Å². The summed E-state index contributed by atoms with van der Waals surface area (Å²) in [6.45, 7) is 0.832. The van der Waals surface area contributed by atoms with Crippen molar-refractivity contribution in [3.8, 4) is 6.07 Å². The second-order valence-corrected chi connectivity index (χ2v) is 6.71. The first-order valence-electron chi connectivity index (χ1n) is 7.06. The Labute approximate surface area is 115 Å². The molecule has 0 radical (unpaired) electrons. The molecule has 0 bridgehead atoms. The van der Waals surface area contributed by atoms with E-state index in [1.807, 2.05) is 11.8 Å². The predicted octanol–water partition coefficient (Wildman–Crippen LogP) is 2.57. The van der Waals surface area contributed by atoms with E-state index in [0.29, 0.717) is 12.0 Å². The maximum atomic E-state index is 9.57. The van der Waals surface area contributed by atoms with Gasteiger partial charge in [0.25, 0.3) is 0 Å². The molecule has 0 heterocycles. The summed E-state index contributed by atoms with van der Waals surface area (Å²) in [5.74, 6) is 2.78. The molecule has 2 unspecified atom stereocenters. The van der Waals surface area contributed by atoms with E-state index in [4.69, 9.17) is 4.74 Å². The molecule has 1 N–H and O–H groups in total. The van der Waals surface area contributed by atoms with Crippen molar-refractivity contribution >= 4 is 11.8 Å². The van der Waals surface area contributed by atoms with Crippen LogP contribution in [0.1, 0.15) is 38.5 Å². The van der Waals surface area contributed by atoms with Gasteiger partial charge in [-0.2, -0.15) is 17.0 Å². The Morgan fingerprint density at radius 1 is 1.39 bits per heavy atom. The molecule has 0 saturated heterocycles. The van der Waals surface area contributed by atoms with Crippen molar-refractivity contribution in [2.75, 3.05) is 25.2 Å². The van der Waals surface area contributed by atoms with E-state index in [2.05, 4.69) is 11.4 Å². The van der Waals surface area contributed by atoms with E-state index in [1.54, 1.807) is 7.11 Å². The molecule has 102 valence electrons. The van der Waals surface area contributed by atoms with Gasteiger partial charge in [0.15, 0.2) is 0 Å². The van der Waals surface area contributed by atoms with Crippen LogP contribution < -0.4 is 5.32 Å². The molecule has 18 heavy (non-hydrogen) atoms. The highest BCUT2D eigenvalue weighted by Crippen LogP contribution is 2.40. The van der Waals surface area contributed by atoms with Gasteiger partial charge >= 0.3 is 0 Å². The first-order valence-corrected chi connectivity index (χ1v) is 8.22. The minimum Gasteiger partial charge on any atom is -0.384 e. The van der Waals surface area contributed by atoms with Crippen LogP contribution in [0, 0.1) is 17.2 Å². The molecule has 2 atom stereocenters. The van der Waals surface area contributed by atoms with Gasteiger partial charge < -0.3 is 4.74 Å². The molecule has 2 rings (SSSR count). The highest BCUT2D eigenvalue weighted by Gasteiger charge is 2.45. The lowest BCUT2D eigenvalue weighted by molar-refractivity contribution is 0.218. The lowest BCUT2D eigenvalue weighted by atomic mass is 9.86. The number of hydrogen-bond acceptors (Lipinski definition) is 4. The zero-order valence-electron chi connectivity index (χ0n) is 11.3. The second-order valence-electron chi connectivity index (χ2n) is 5.48. The number of nitriles is 1. The van der Waals surface area contributed by atoms with Crippen LogP contribution in [-0.4, -0.2) is 36.8 Å². The zero-order chi connectivity index (χ0) is 12.8. The number of rotatable bonds is 8. The van der Waals surface area contributed by atoms with Crippen molar-refractivity contribution in [1.82, 2.24) is 5.32 Å². The van der Waals surface area contributed by atoms with Gasteiger partial charge in [-0.15, -0.1) is 0 Å². The fraction of sp³-hybridized carbons (Fsp3) is 0.929. The van der Waals surface area contributed by atoms with Gasteiger partial charge in [-0.3, -0.25) is 5.32 Å². The van der Waals surface area contributed by atoms with Crippen LogP contribution in [0.25, 0.3) is 0 Å². The van der Waals surface area contributed by atoms with Gasteiger partial charge in [-0.1, -0.05) is 6.42 Å². The SMILES string of the molecule is COCCSCCC1CCCC1(C#N)NC1CC1. The average molecular weight is 268 g/mol. The fourth-order valence-corrected chi connectivity index (χ4v) is 3.84. The van der Waals surface area contributed by atoms with Gasteiger partial charge in [0.1, 0.15) is 5.54 Å². The number of nitrogens with zero attached hydrogens (tertiary/aromatic N) is 1. The van der Waals surface area contributed by atoms with Gasteiger partial charge in [0, 0.05) is 18.9 Å². The molecule has 2 aliphatic rings. The Morgan fingerprint density at radius 3 is 2.89 bits per heavy atom. The van der Waals surface area contributed by atoms with Gasteiger partial charge in [0.05, 0.1) is 12.7 Å². The fourth-order valence-electron chi connectivity index (χ4n) is 2.90. The van der Waals surface area contributed by atoms with Crippen LogP contribution in [-0.2, 0) is 4.74 Å². The van der Waals surface area contributed by atoms with E-state index in [0.717, 1.165) is 24.5 Å². The molecule has 0 aromatic rings. The monoisotopic (exact) mass is 268 g/mol. The molecule has 4 heteroatoms. The summed E-state index contributed by atoms with van der Waals surface area (Å²) in [5.41, 5.74) is -0.205. The van der Waals surface area contributed by atoms with Crippen LogP contribution in [0.3, 0.4) is 0 Å². The standard InChI is InChI=1S/C14H24N2OS/c1-17-8-10-18-9-6-12-3-2-7-14(12,11-15)16-13-4-5-13/h12-13,16H,2-10H2,1H3. The number of ether oxygens (including phenoxy) is 1. The molecule has 2 fully saturated rings. The topological polar surface area (TPSA) is 45.0 Å². The molecule has 2 aliphatic carbocycles. The van der Waals surface area contributed by atoms with Gasteiger partial charge in [-0.05, 0) is 43.8 Å². The van der Waals surface area contributed by atoms with E-state index in [9.17, 15) is 5.26 Å². The van der Waals surface area contributed by atoms with Crippen molar-refractivity contribution < 1.29 is 4.74 Å². The highest BCUT2D eigenvalue weighted by atomic mass is 32.2. The van der Waals surface area contributed by atoms with Crippen molar-refractivity contribution in [2.24, 2.45) is 5.92 Å². The summed E-state index contributed by atoms with van der Waals surface area (Å²) < 4.78 is 5.05. The Kier molecular flexibility index (Phi) is 5.35. The van der Waals surface area contributed by atoms with E-state index in [-0.39, 0.29) is 5.54 Å². The smallest absolute Gasteiger partial charge is 0.109 e.